The molecule has 3 aromatic rings. The number of esters is 1. The Kier molecular flexibility index (Phi) is 8.78. The molecule has 14 nitrogen and oxygen atoms in total. The molecule has 0 spiro atoms. The van der Waals surface area contributed by atoms with E-state index in [1.807, 2.05) is 20.8 Å². The van der Waals surface area contributed by atoms with Gasteiger partial charge in [0.1, 0.15) is 41.9 Å². The summed E-state index contributed by atoms with van der Waals surface area (Å²) in [6, 6.07) is 7.19. The molecule has 7 atom stereocenters. The number of nitrogens with zero attached hydrogens (tertiary/aromatic N) is 4. The number of hydrogen-bond acceptors (Lipinski definition) is 12. The van der Waals surface area contributed by atoms with Crippen LogP contribution in [0.3, 0.4) is 0 Å². The second-order valence-electron chi connectivity index (χ2n) is 10.8. The first-order valence-electron chi connectivity index (χ1n) is 12.7. The quantitative estimate of drug-likeness (QED) is 0.202. The summed E-state index contributed by atoms with van der Waals surface area (Å²) in [7, 11) is -4.28. The Bertz CT molecular complexity index is 1370. The lowest BCUT2D eigenvalue weighted by Crippen LogP contribution is -2.41. The van der Waals surface area contributed by atoms with Crippen molar-refractivity contribution in [2.45, 2.75) is 71.3 Å². The average molecular weight is 579 g/mol. The van der Waals surface area contributed by atoms with Crippen molar-refractivity contribution in [3.05, 3.63) is 43.0 Å². The van der Waals surface area contributed by atoms with E-state index in [9.17, 15) is 19.6 Å². The Balaban J connectivity index is 1.53. The Morgan fingerprint density at radius 1 is 1.18 bits per heavy atom. The molecule has 1 aromatic carbocycles. The number of anilines is 1. The first-order valence-corrected chi connectivity index (χ1v) is 14.2. The van der Waals surface area contributed by atoms with Gasteiger partial charge in [0.25, 0.3) is 0 Å². The smallest absolute Gasteiger partial charge is 0.459 e. The van der Waals surface area contributed by atoms with Gasteiger partial charge in [-0.25, -0.2) is 19.5 Å². The number of aliphatic hydroxyl groups is 2. The fourth-order valence-electron chi connectivity index (χ4n) is 4.04. The number of benzene rings is 1. The molecule has 4 rings (SSSR count). The summed E-state index contributed by atoms with van der Waals surface area (Å²) in [6.07, 6.45) is -3.63. The van der Waals surface area contributed by atoms with E-state index in [1.165, 1.54) is 31.1 Å². The van der Waals surface area contributed by atoms with Crippen molar-refractivity contribution in [2.24, 2.45) is 5.41 Å². The summed E-state index contributed by atoms with van der Waals surface area (Å²) in [6.45, 7) is 8.86. The van der Waals surface area contributed by atoms with E-state index in [0.717, 1.165) is 0 Å². The third-order valence-corrected chi connectivity index (χ3v) is 7.79. The van der Waals surface area contributed by atoms with Gasteiger partial charge >= 0.3 is 13.7 Å². The fourth-order valence-corrected chi connectivity index (χ4v) is 5.73. The Labute approximate surface area is 231 Å². The number of nitrogens with two attached hydrogens (primary N) is 1. The number of fused-ring (bicyclic) bond motifs is 1. The number of ether oxygens (including phenoxy) is 2. The summed E-state index contributed by atoms with van der Waals surface area (Å²) >= 11 is 0. The second kappa shape index (κ2) is 11.8. The lowest BCUT2D eigenvalue weighted by atomic mass is 9.99. The molecule has 1 unspecified atom stereocenters. The SMILES string of the molecule is C[C@H](NP(=O)(Oc1ccccc1)O[C@@H](C)[C@H]1O[C@@H](n2cnc3c(N)ncnc32)[C@H](O)[C@@H]1O)C(=O)OCC(C)(C)C. The number of carbonyl (C=O) groups is 1. The molecular weight excluding hydrogens is 543 g/mol. The first-order chi connectivity index (χ1) is 18.8. The molecule has 1 saturated heterocycles. The van der Waals surface area contributed by atoms with E-state index in [1.54, 1.807) is 30.3 Å². The van der Waals surface area contributed by atoms with Crippen molar-refractivity contribution in [3.63, 3.8) is 0 Å². The molecule has 15 heteroatoms. The van der Waals surface area contributed by atoms with Crippen LogP contribution in [0.15, 0.2) is 43.0 Å². The number of nitrogen functional groups attached to an aromatic ring is 1. The van der Waals surface area contributed by atoms with Gasteiger partial charge in [-0.2, -0.15) is 5.09 Å². The van der Waals surface area contributed by atoms with Crippen LogP contribution in [0.2, 0.25) is 0 Å². The van der Waals surface area contributed by atoms with Crippen LogP contribution in [0.1, 0.15) is 40.8 Å². The van der Waals surface area contributed by atoms with Crippen molar-refractivity contribution in [3.8, 4) is 5.75 Å². The molecule has 0 amide bonds. The van der Waals surface area contributed by atoms with Crippen molar-refractivity contribution in [1.82, 2.24) is 24.6 Å². The molecule has 40 heavy (non-hydrogen) atoms. The summed E-state index contributed by atoms with van der Waals surface area (Å²) in [5.74, 6) is -0.289. The Hall–Kier alpha value is -3.13. The van der Waals surface area contributed by atoms with Gasteiger partial charge in [-0.15, -0.1) is 0 Å². The van der Waals surface area contributed by atoms with E-state index in [4.69, 9.17) is 24.3 Å². The maximum atomic E-state index is 14.0. The molecule has 3 heterocycles. The highest BCUT2D eigenvalue weighted by Crippen LogP contribution is 2.48. The number of aromatic nitrogens is 4. The zero-order valence-corrected chi connectivity index (χ0v) is 23.8. The molecule has 2 aromatic heterocycles. The minimum absolute atomic E-state index is 0.144. The molecule has 218 valence electrons. The summed E-state index contributed by atoms with van der Waals surface area (Å²) in [5.41, 5.74) is 6.18. The minimum atomic E-state index is -4.28. The average Bonchev–Trinajstić information content (AvgIpc) is 3.44. The maximum absolute atomic E-state index is 14.0. The number of aliphatic hydroxyl groups excluding tert-OH is 2. The molecule has 0 radical (unpaired) electrons. The predicted octanol–water partition coefficient (Wildman–Crippen LogP) is 2.19. The zero-order chi connectivity index (χ0) is 29.2. The van der Waals surface area contributed by atoms with Gasteiger partial charge in [-0.3, -0.25) is 13.9 Å². The lowest BCUT2D eigenvalue weighted by molar-refractivity contribution is -0.148. The number of rotatable bonds is 10. The first kappa shape index (κ1) is 29.8. The van der Waals surface area contributed by atoms with Crippen LogP contribution >= 0.6 is 7.75 Å². The van der Waals surface area contributed by atoms with Crippen LogP contribution in [0.5, 0.6) is 5.75 Å². The van der Waals surface area contributed by atoms with Gasteiger partial charge in [-0.1, -0.05) is 39.0 Å². The summed E-state index contributed by atoms with van der Waals surface area (Å²) in [5, 5.41) is 24.3. The third-order valence-electron chi connectivity index (χ3n) is 6.03. The summed E-state index contributed by atoms with van der Waals surface area (Å²) in [4.78, 5) is 24.8. The fraction of sp³-hybridized carbons (Fsp3) is 0.520. The Morgan fingerprint density at radius 2 is 1.88 bits per heavy atom. The number of hydrogen-bond donors (Lipinski definition) is 4. The molecule has 0 saturated carbocycles. The van der Waals surface area contributed by atoms with E-state index < -0.39 is 50.4 Å². The Morgan fingerprint density at radius 3 is 2.55 bits per heavy atom. The molecular formula is C25H35N6O8P. The zero-order valence-electron chi connectivity index (χ0n) is 22.9. The highest BCUT2D eigenvalue weighted by molar-refractivity contribution is 7.52. The van der Waals surface area contributed by atoms with Gasteiger partial charge < -0.3 is 29.9 Å². The van der Waals surface area contributed by atoms with Gasteiger partial charge in [0.2, 0.25) is 0 Å². The normalized spacial score (nSPS) is 24.4. The molecule has 1 aliphatic rings. The van der Waals surface area contributed by atoms with Crippen molar-refractivity contribution in [1.29, 1.82) is 0 Å². The molecule has 1 aliphatic heterocycles. The standard InChI is InChI=1S/C25H35N6O8P/c1-14(24(34)36-11-25(3,4)5)30-40(35,39-16-9-7-6-8-10-16)38-15(2)20-18(32)19(33)23(37-20)31-13-29-17-21(26)27-12-28-22(17)31/h6-10,12-15,18-20,23,32-33H,11H2,1-5H3,(H,30,35)(H2,26,27,28)/t14-,15-,18-,19+,20+,23+,40?/m0/s1. The third kappa shape index (κ3) is 6.77. The van der Waals surface area contributed by atoms with E-state index >= 15 is 0 Å². The molecule has 0 aliphatic carbocycles. The molecule has 5 N–H and O–H groups in total. The van der Waals surface area contributed by atoms with Gasteiger partial charge in [0.15, 0.2) is 17.7 Å². The highest BCUT2D eigenvalue weighted by Gasteiger charge is 2.49. The van der Waals surface area contributed by atoms with Gasteiger partial charge in [0.05, 0.1) is 19.0 Å². The van der Waals surface area contributed by atoms with Crippen LogP contribution < -0.4 is 15.3 Å². The van der Waals surface area contributed by atoms with Crippen LogP contribution in [0, 0.1) is 5.41 Å². The topological polar surface area (TPSA) is 193 Å². The van der Waals surface area contributed by atoms with Gasteiger partial charge in [-0.05, 0) is 31.4 Å². The second-order valence-corrected chi connectivity index (χ2v) is 12.4. The van der Waals surface area contributed by atoms with Crippen LogP contribution in [-0.2, 0) is 23.4 Å². The largest absolute Gasteiger partial charge is 0.464 e. The maximum Gasteiger partial charge on any atom is 0.459 e. The van der Waals surface area contributed by atoms with Crippen LogP contribution in [0.25, 0.3) is 11.2 Å². The minimum Gasteiger partial charge on any atom is -0.464 e. The van der Waals surface area contributed by atoms with E-state index in [-0.39, 0.29) is 23.6 Å². The van der Waals surface area contributed by atoms with Crippen LogP contribution in [-0.4, -0.2) is 72.8 Å². The lowest BCUT2D eigenvalue weighted by Gasteiger charge is -2.29. The number of imidazole rings is 1. The number of para-hydroxylation sites is 1. The van der Waals surface area contributed by atoms with Crippen LogP contribution in [0.4, 0.5) is 5.82 Å². The van der Waals surface area contributed by atoms with E-state index in [0.29, 0.717) is 11.2 Å². The monoisotopic (exact) mass is 578 g/mol. The molecule has 0 bridgehead atoms. The predicted molar refractivity (Wildman–Crippen MR) is 144 cm³/mol. The van der Waals surface area contributed by atoms with Crippen molar-refractivity contribution >= 4 is 30.7 Å². The highest BCUT2D eigenvalue weighted by atomic mass is 31.2. The summed E-state index contributed by atoms with van der Waals surface area (Å²) < 4.78 is 38.2. The van der Waals surface area contributed by atoms with Crippen molar-refractivity contribution in [2.75, 3.05) is 12.3 Å². The van der Waals surface area contributed by atoms with Gasteiger partial charge in [0, 0.05) is 0 Å². The molecule has 1 fully saturated rings. The van der Waals surface area contributed by atoms with E-state index in [2.05, 4.69) is 20.0 Å². The number of carbonyl (C=O) groups excluding carboxylic acids is 1. The van der Waals surface area contributed by atoms with Crippen molar-refractivity contribution < 1.29 is 38.1 Å². The number of nitrogens with one attached hydrogen (secondary N) is 1.